The van der Waals surface area contributed by atoms with E-state index in [1.807, 2.05) is 6.07 Å². The summed E-state index contributed by atoms with van der Waals surface area (Å²) in [5.74, 6) is -1.12. The molecule has 0 fully saturated rings. The second-order valence-corrected chi connectivity index (χ2v) is 4.28. The SMILES string of the molecule is C[C@@H](OC(=O)c1ccc[nH]1)C(=O)Nc1ccccc1C#N. The van der Waals surface area contributed by atoms with E-state index in [9.17, 15) is 9.59 Å². The minimum Gasteiger partial charge on any atom is -0.448 e. The molecule has 0 bridgehead atoms. The number of benzene rings is 1. The Hall–Kier alpha value is -3.07. The average Bonchev–Trinajstić information content (AvgIpc) is 3.02. The van der Waals surface area contributed by atoms with Crippen molar-refractivity contribution in [2.75, 3.05) is 5.32 Å². The average molecular weight is 283 g/mol. The van der Waals surface area contributed by atoms with E-state index in [2.05, 4.69) is 10.3 Å². The summed E-state index contributed by atoms with van der Waals surface area (Å²) in [5.41, 5.74) is 0.994. The van der Waals surface area contributed by atoms with Crippen LogP contribution in [0.25, 0.3) is 0 Å². The van der Waals surface area contributed by atoms with E-state index in [1.165, 1.54) is 6.92 Å². The lowest BCUT2D eigenvalue weighted by atomic mass is 10.2. The maximum atomic E-state index is 12.0. The summed E-state index contributed by atoms with van der Waals surface area (Å²) in [6, 6.07) is 11.8. The molecule has 0 radical (unpaired) electrons. The highest BCUT2D eigenvalue weighted by molar-refractivity contribution is 5.97. The molecule has 0 aliphatic carbocycles. The molecular weight excluding hydrogens is 270 g/mol. The first-order valence-electron chi connectivity index (χ1n) is 6.26. The highest BCUT2D eigenvalue weighted by Crippen LogP contribution is 2.14. The molecular formula is C15H13N3O3. The van der Waals surface area contributed by atoms with Gasteiger partial charge in [0.2, 0.25) is 0 Å². The van der Waals surface area contributed by atoms with Crippen molar-refractivity contribution in [3.63, 3.8) is 0 Å². The Kier molecular flexibility index (Phi) is 4.36. The van der Waals surface area contributed by atoms with Gasteiger partial charge in [-0.05, 0) is 31.2 Å². The molecule has 6 heteroatoms. The summed E-state index contributed by atoms with van der Waals surface area (Å²) >= 11 is 0. The molecule has 21 heavy (non-hydrogen) atoms. The Labute approximate surface area is 121 Å². The number of anilines is 1. The summed E-state index contributed by atoms with van der Waals surface area (Å²) in [5, 5.41) is 11.5. The molecule has 1 heterocycles. The molecule has 6 nitrogen and oxygen atoms in total. The third-order valence-corrected chi connectivity index (χ3v) is 2.78. The number of hydrogen-bond acceptors (Lipinski definition) is 4. The van der Waals surface area contributed by atoms with E-state index < -0.39 is 18.0 Å². The van der Waals surface area contributed by atoms with Gasteiger partial charge < -0.3 is 15.0 Å². The number of ether oxygens (including phenoxy) is 1. The number of nitriles is 1. The Morgan fingerprint density at radius 2 is 2.05 bits per heavy atom. The number of aromatic nitrogens is 1. The van der Waals surface area contributed by atoms with Gasteiger partial charge in [0, 0.05) is 6.20 Å². The molecule has 0 saturated heterocycles. The molecule has 0 aliphatic heterocycles. The number of rotatable bonds is 4. The molecule has 106 valence electrons. The number of aromatic amines is 1. The molecule has 1 atom stereocenters. The van der Waals surface area contributed by atoms with Crippen molar-refractivity contribution in [3.05, 3.63) is 53.9 Å². The number of H-pyrrole nitrogens is 1. The van der Waals surface area contributed by atoms with Crippen LogP contribution in [-0.2, 0) is 9.53 Å². The van der Waals surface area contributed by atoms with Gasteiger partial charge in [-0.15, -0.1) is 0 Å². The number of nitrogens with zero attached hydrogens (tertiary/aromatic N) is 1. The molecule has 2 aromatic rings. The van der Waals surface area contributed by atoms with Gasteiger partial charge in [0.05, 0.1) is 11.3 Å². The normalized spacial score (nSPS) is 11.2. The molecule has 1 aromatic carbocycles. The van der Waals surface area contributed by atoms with Gasteiger partial charge in [-0.2, -0.15) is 5.26 Å². The largest absolute Gasteiger partial charge is 0.448 e. The van der Waals surface area contributed by atoms with E-state index in [0.717, 1.165) is 0 Å². The van der Waals surface area contributed by atoms with Crippen LogP contribution >= 0.6 is 0 Å². The van der Waals surface area contributed by atoms with Crippen LogP contribution < -0.4 is 5.32 Å². The van der Waals surface area contributed by atoms with E-state index in [1.54, 1.807) is 42.6 Å². The van der Waals surface area contributed by atoms with Crippen LogP contribution in [0, 0.1) is 11.3 Å². The Balaban J connectivity index is 2.00. The standard InChI is InChI=1S/C15H13N3O3/c1-10(21-15(20)13-7-4-8-17-13)14(19)18-12-6-3-2-5-11(12)9-16/h2-8,10,17H,1H3,(H,18,19)/t10-/m1/s1. The Bertz CT molecular complexity index is 686. The van der Waals surface area contributed by atoms with Crippen molar-refractivity contribution in [1.82, 2.24) is 4.98 Å². The summed E-state index contributed by atoms with van der Waals surface area (Å²) in [4.78, 5) is 26.4. The molecule has 1 amide bonds. The number of para-hydroxylation sites is 1. The topological polar surface area (TPSA) is 95.0 Å². The second-order valence-electron chi connectivity index (χ2n) is 4.28. The van der Waals surface area contributed by atoms with Gasteiger partial charge in [0.15, 0.2) is 6.10 Å². The molecule has 0 unspecified atom stereocenters. The molecule has 1 aromatic heterocycles. The monoisotopic (exact) mass is 283 g/mol. The summed E-state index contributed by atoms with van der Waals surface area (Å²) in [7, 11) is 0. The first-order chi connectivity index (χ1) is 10.1. The van der Waals surface area contributed by atoms with Crippen LogP contribution in [-0.4, -0.2) is 23.0 Å². The second kappa shape index (κ2) is 6.39. The van der Waals surface area contributed by atoms with Gasteiger partial charge in [-0.3, -0.25) is 4.79 Å². The van der Waals surface area contributed by atoms with E-state index in [0.29, 0.717) is 11.3 Å². The van der Waals surface area contributed by atoms with E-state index in [-0.39, 0.29) is 5.69 Å². The fraction of sp³-hybridized carbons (Fsp3) is 0.133. The molecule has 0 aliphatic rings. The van der Waals surface area contributed by atoms with Crippen molar-refractivity contribution in [1.29, 1.82) is 5.26 Å². The Morgan fingerprint density at radius 3 is 2.71 bits per heavy atom. The number of carbonyl (C=O) groups is 2. The maximum absolute atomic E-state index is 12.0. The number of esters is 1. The lowest BCUT2D eigenvalue weighted by Gasteiger charge is -2.13. The van der Waals surface area contributed by atoms with Gasteiger partial charge in [-0.25, -0.2) is 4.79 Å². The minimum absolute atomic E-state index is 0.270. The van der Waals surface area contributed by atoms with Crippen LogP contribution in [0.15, 0.2) is 42.6 Å². The van der Waals surface area contributed by atoms with Crippen LogP contribution in [0.5, 0.6) is 0 Å². The molecule has 2 rings (SSSR count). The Morgan fingerprint density at radius 1 is 1.29 bits per heavy atom. The number of hydrogen-bond donors (Lipinski definition) is 2. The van der Waals surface area contributed by atoms with Crippen LogP contribution in [0.1, 0.15) is 23.0 Å². The first kappa shape index (κ1) is 14.3. The summed E-state index contributed by atoms with van der Waals surface area (Å²) < 4.78 is 5.04. The highest BCUT2D eigenvalue weighted by Gasteiger charge is 2.20. The number of carbonyl (C=O) groups excluding carboxylic acids is 2. The first-order valence-corrected chi connectivity index (χ1v) is 6.26. The van der Waals surface area contributed by atoms with Crippen LogP contribution in [0.2, 0.25) is 0 Å². The predicted octanol–water partition coefficient (Wildman–Crippen LogP) is 2.07. The van der Waals surface area contributed by atoms with Crippen LogP contribution in [0.4, 0.5) is 5.69 Å². The van der Waals surface area contributed by atoms with E-state index >= 15 is 0 Å². The zero-order chi connectivity index (χ0) is 15.2. The fourth-order valence-electron chi connectivity index (χ4n) is 1.66. The molecule has 0 spiro atoms. The van der Waals surface area contributed by atoms with Gasteiger partial charge in [0.1, 0.15) is 11.8 Å². The van der Waals surface area contributed by atoms with Crippen molar-refractivity contribution < 1.29 is 14.3 Å². The van der Waals surface area contributed by atoms with Crippen molar-refractivity contribution in [2.45, 2.75) is 13.0 Å². The maximum Gasteiger partial charge on any atom is 0.355 e. The predicted molar refractivity (Wildman–Crippen MR) is 75.5 cm³/mol. The van der Waals surface area contributed by atoms with Crippen LogP contribution in [0.3, 0.4) is 0 Å². The molecule has 0 saturated carbocycles. The zero-order valence-corrected chi connectivity index (χ0v) is 11.3. The zero-order valence-electron chi connectivity index (χ0n) is 11.3. The minimum atomic E-state index is -0.979. The molecule has 2 N–H and O–H groups in total. The third-order valence-electron chi connectivity index (χ3n) is 2.78. The van der Waals surface area contributed by atoms with E-state index in [4.69, 9.17) is 10.00 Å². The quantitative estimate of drug-likeness (QED) is 0.840. The number of amides is 1. The van der Waals surface area contributed by atoms with Gasteiger partial charge >= 0.3 is 5.97 Å². The smallest absolute Gasteiger partial charge is 0.355 e. The van der Waals surface area contributed by atoms with Gasteiger partial charge in [0.25, 0.3) is 5.91 Å². The fourth-order valence-corrected chi connectivity index (χ4v) is 1.66. The lowest BCUT2D eigenvalue weighted by Crippen LogP contribution is -2.30. The third kappa shape index (κ3) is 3.48. The highest BCUT2D eigenvalue weighted by atomic mass is 16.5. The lowest BCUT2D eigenvalue weighted by molar-refractivity contribution is -0.123. The summed E-state index contributed by atoms with van der Waals surface area (Å²) in [6.07, 6.45) is 0.609. The number of nitrogens with one attached hydrogen (secondary N) is 2. The summed E-state index contributed by atoms with van der Waals surface area (Å²) in [6.45, 7) is 1.46. The van der Waals surface area contributed by atoms with Gasteiger partial charge in [-0.1, -0.05) is 12.1 Å². The van der Waals surface area contributed by atoms with Crippen molar-refractivity contribution in [3.8, 4) is 6.07 Å². The van der Waals surface area contributed by atoms with Crippen molar-refractivity contribution >= 4 is 17.6 Å². The van der Waals surface area contributed by atoms with Crippen molar-refractivity contribution in [2.24, 2.45) is 0 Å².